The minimum absolute atomic E-state index is 0.209. The van der Waals surface area contributed by atoms with Crippen LogP contribution < -0.4 is 10.1 Å². The van der Waals surface area contributed by atoms with Gasteiger partial charge in [0, 0.05) is 23.8 Å². The predicted octanol–water partition coefficient (Wildman–Crippen LogP) is 3.56. The van der Waals surface area contributed by atoms with Crippen molar-refractivity contribution in [3.63, 3.8) is 0 Å². The summed E-state index contributed by atoms with van der Waals surface area (Å²) in [4.78, 5) is 52.6. The number of hydrogen-bond donors (Lipinski definition) is 1. The van der Waals surface area contributed by atoms with Crippen LogP contribution in [0.1, 0.15) is 11.1 Å². The summed E-state index contributed by atoms with van der Waals surface area (Å²) in [5, 5.41) is 2.78. The number of ether oxygens (including phenoxy) is 2. The van der Waals surface area contributed by atoms with Gasteiger partial charge in [0.2, 0.25) is 5.91 Å². The third-order valence-electron chi connectivity index (χ3n) is 5.51. The predicted molar refractivity (Wildman–Crippen MR) is 137 cm³/mol. The van der Waals surface area contributed by atoms with Gasteiger partial charge in [-0.2, -0.15) is 0 Å². The highest BCUT2D eigenvalue weighted by atomic mass is 35.5. The number of carbonyl (C=O) groups is 4. The largest absolute Gasteiger partial charge is 0.484 e. The van der Waals surface area contributed by atoms with Crippen molar-refractivity contribution in [3.05, 3.63) is 63.5 Å². The molecule has 2 aromatic rings. The van der Waals surface area contributed by atoms with Crippen molar-refractivity contribution in [2.45, 2.75) is 6.92 Å². The summed E-state index contributed by atoms with van der Waals surface area (Å²) in [6, 6.07) is 12.0. The molecule has 0 aliphatic carbocycles. The van der Waals surface area contributed by atoms with E-state index in [9.17, 15) is 19.2 Å². The summed E-state index contributed by atoms with van der Waals surface area (Å²) in [6.45, 7) is 3.10. The molecular formula is C25H24ClN3O6S. The molecule has 0 bridgehead atoms. The number of amides is 4. The maximum atomic E-state index is 12.8. The number of carbonyl (C=O) groups excluding carboxylic acids is 4. The number of thioether (sulfide) groups is 1. The van der Waals surface area contributed by atoms with Crippen LogP contribution in [0.25, 0.3) is 6.08 Å². The van der Waals surface area contributed by atoms with Crippen LogP contribution in [0.5, 0.6) is 5.75 Å². The SMILES string of the molecule is Cc1ccc(NC(=O)COc2cccc(/C=C3\SC(=O)N(CC(=O)N4CCOCC4)C3=O)c2)cc1Cl. The number of nitrogens with one attached hydrogen (secondary N) is 1. The van der Waals surface area contributed by atoms with Crippen molar-refractivity contribution in [2.24, 2.45) is 0 Å². The molecule has 2 aromatic carbocycles. The fraction of sp³-hybridized carbons (Fsp3) is 0.280. The van der Waals surface area contributed by atoms with Crippen molar-refractivity contribution in [1.29, 1.82) is 0 Å². The lowest BCUT2D eigenvalue weighted by Crippen LogP contribution is -2.46. The number of hydrogen-bond acceptors (Lipinski definition) is 7. The molecule has 4 amide bonds. The molecule has 188 valence electrons. The molecule has 36 heavy (non-hydrogen) atoms. The van der Waals surface area contributed by atoms with Crippen LogP contribution in [0.3, 0.4) is 0 Å². The monoisotopic (exact) mass is 529 g/mol. The number of rotatable bonds is 7. The van der Waals surface area contributed by atoms with Gasteiger partial charge in [-0.05, 0) is 60.2 Å². The Morgan fingerprint density at radius 3 is 2.69 bits per heavy atom. The summed E-state index contributed by atoms with van der Waals surface area (Å²) in [5.41, 5.74) is 2.09. The van der Waals surface area contributed by atoms with Gasteiger partial charge >= 0.3 is 0 Å². The summed E-state index contributed by atoms with van der Waals surface area (Å²) in [5.74, 6) is -0.744. The highest BCUT2D eigenvalue weighted by Crippen LogP contribution is 2.32. The average Bonchev–Trinajstić information content (AvgIpc) is 3.13. The first-order chi connectivity index (χ1) is 17.3. The van der Waals surface area contributed by atoms with E-state index in [-0.39, 0.29) is 29.9 Å². The maximum Gasteiger partial charge on any atom is 0.294 e. The molecule has 0 saturated carbocycles. The van der Waals surface area contributed by atoms with E-state index >= 15 is 0 Å². The number of halogens is 1. The van der Waals surface area contributed by atoms with Gasteiger partial charge in [0.15, 0.2) is 6.61 Å². The minimum Gasteiger partial charge on any atom is -0.484 e. The van der Waals surface area contributed by atoms with Gasteiger partial charge in [0.1, 0.15) is 12.3 Å². The smallest absolute Gasteiger partial charge is 0.294 e. The number of imide groups is 1. The Labute approximate surface area is 217 Å². The van der Waals surface area contributed by atoms with Crippen LogP contribution >= 0.6 is 23.4 Å². The number of nitrogens with zero attached hydrogens (tertiary/aromatic N) is 2. The number of aryl methyl sites for hydroxylation is 1. The zero-order valence-electron chi connectivity index (χ0n) is 19.5. The van der Waals surface area contributed by atoms with E-state index in [1.807, 2.05) is 13.0 Å². The highest BCUT2D eigenvalue weighted by molar-refractivity contribution is 8.18. The quantitative estimate of drug-likeness (QED) is 0.547. The second kappa shape index (κ2) is 11.6. The Bertz CT molecular complexity index is 1230. The lowest BCUT2D eigenvalue weighted by atomic mass is 10.2. The molecule has 1 N–H and O–H groups in total. The van der Waals surface area contributed by atoms with Gasteiger partial charge in [-0.3, -0.25) is 24.1 Å². The Morgan fingerprint density at radius 2 is 1.94 bits per heavy atom. The summed E-state index contributed by atoms with van der Waals surface area (Å²) >= 11 is 6.87. The summed E-state index contributed by atoms with van der Waals surface area (Å²) in [7, 11) is 0. The molecule has 0 atom stereocenters. The first kappa shape index (κ1) is 25.7. The third kappa shape index (κ3) is 6.45. The Kier molecular flexibility index (Phi) is 8.29. The van der Waals surface area contributed by atoms with Crippen molar-refractivity contribution in [3.8, 4) is 5.75 Å². The zero-order chi connectivity index (χ0) is 25.7. The molecule has 0 unspecified atom stereocenters. The minimum atomic E-state index is -0.519. The van der Waals surface area contributed by atoms with E-state index in [0.717, 1.165) is 22.2 Å². The van der Waals surface area contributed by atoms with E-state index < -0.39 is 11.1 Å². The van der Waals surface area contributed by atoms with Crippen molar-refractivity contribution in [1.82, 2.24) is 9.80 Å². The Morgan fingerprint density at radius 1 is 1.17 bits per heavy atom. The van der Waals surface area contributed by atoms with Crippen LogP contribution in [0.4, 0.5) is 10.5 Å². The first-order valence-corrected chi connectivity index (χ1v) is 12.4. The number of benzene rings is 2. The highest BCUT2D eigenvalue weighted by Gasteiger charge is 2.37. The van der Waals surface area contributed by atoms with Gasteiger partial charge in [0.25, 0.3) is 17.1 Å². The van der Waals surface area contributed by atoms with E-state index in [2.05, 4.69) is 5.32 Å². The molecule has 2 heterocycles. The second-order valence-electron chi connectivity index (χ2n) is 8.13. The zero-order valence-corrected chi connectivity index (χ0v) is 21.1. The standard InChI is InChI=1S/C25H24ClN3O6S/c1-16-5-6-18(13-20(16)26)27-22(30)15-35-19-4-2-3-17(11-19)12-21-24(32)29(25(33)36-21)14-23(31)28-7-9-34-10-8-28/h2-6,11-13H,7-10,14-15H2,1H3,(H,27,30)/b21-12-. The normalized spacial score (nSPS) is 17.0. The molecule has 4 rings (SSSR count). The van der Waals surface area contributed by atoms with Gasteiger partial charge in [-0.25, -0.2) is 0 Å². The molecule has 11 heteroatoms. The number of anilines is 1. The fourth-order valence-electron chi connectivity index (χ4n) is 3.55. The van der Waals surface area contributed by atoms with Crippen LogP contribution in [-0.4, -0.2) is 72.2 Å². The van der Waals surface area contributed by atoms with Crippen LogP contribution in [0, 0.1) is 6.92 Å². The molecule has 2 aliphatic rings. The second-order valence-corrected chi connectivity index (χ2v) is 9.53. The van der Waals surface area contributed by atoms with E-state index in [1.165, 1.54) is 0 Å². The van der Waals surface area contributed by atoms with Crippen molar-refractivity contribution >= 4 is 58.1 Å². The lowest BCUT2D eigenvalue weighted by molar-refractivity contribution is -0.139. The maximum absolute atomic E-state index is 12.8. The van der Waals surface area contributed by atoms with Crippen molar-refractivity contribution in [2.75, 3.05) is 44.8 Å². The van der Waals surface area contributed by atoms with Gasteiger partial charge in [-0.15, -0.1) is 0 Å². The summed E-state index contributed by atoms with van der Waals surface area (Å²) in [6.07, 6.45) is 1.56. The number of morpholine rings is 1. The molecular weight excluding hydrogens is 506 g/mol. The molecule has 0 spiro atoms. The summed E-state index contributed by atoms with van der Waals surface area (Å²) < 4.78 is 10.8. The molecule has 0 aromatic heterocycles. The Balaban J connectivity index is 1.35. The third-order valence-corrected chi connectivity index (χ3v) is 6.83. The molecule has 9 nitrogen and oxygen atoms in total. The van der Waals surface area contributed by atoms with Gasteiger partial charge in [-0.1, -0.05) is 29.8 Å². The van der Waals surface area contributed by atoms with Gasteiger partial charge < -0.3 is 19.7 Å². The fourth-order valence-corrected chi connectivity index (χ4v) is 4.57. The molecule has 2 saturated heterocycles. The first-order valence-electron chi connectivity index (χ1n) is 11.2. The average molecular weight is 530 g/mol. The van der Waals surface area contributed by atoms with Crippen LogP contribution in [0.2, 0.25) is 5.02 Å². The molecule has 2 fully saturated rings. The van der Waals surface area contributed by atoms with E-state index in [0.29, 0.717) is 48.3 Å². The van der Waals surface area contributed by atoms with Gasteiger partial charge in [0.05, 0.1) is 18.1 Å². The molecule has 2 aliphatic heterocycles. The van der Waals surface area contributed by atoms with Crippen molar-refractivity contribution < 1.29 is 28.7 Å². The van der Waals surface area contributed by atoms with E-state index in [4.69, 9.17) is 21.1 Å². The molecule has 0 radical (unpaired) electrons. The van der Waals surface area contributed by atoms with Crippen LogP contribution in [-0.2, 0) is 19.1 Å². The Hall–Kier alpha value is -3.34. The lowest BCUT2D eigenvalue weighted by Gasteiger charge is -2.28. The van der Waals surface area contributed by atoms with Crippen LogP contribution in [0.15, 0.2) is 47.4 Å². The van der Waals surface area contributed by atoms with E-state index in [1.54, 1.807) is 47.4 Å². The topological polar surface area (TPSA) is 105 Å².